The summed E-state index contributed by atoms with van der Waals surface area (Å²) in [7, 11) is 2.10. The van der Waals surface area contributed by atoms with Crippen molar-refractivity contribution >= 4 is 0 Å². The van der Waals surface area contributed by atoms with E-state index >= 15 is 0 Å². The molecule has 0 aromatic rings. The molecule has 0 aliphatic carbocycles. The monoisotopic (exact) mass is 267 g/mol. The molecular formula is C15H29N3O. The van der Waals surface area contributed by atoms with E-state index in [4.69, 9.17) is 5.26 Å². The number of hydrogen-bond donors (Lipinski definition) is 1. The molecule has 0 radical (unpaired) electrons. The molecule has 19 heavy (non-hydrogen) atoms. The van der Waals surface area contributed by atoms with Crippen molar-refractivity contribution in [1.82, 2.24) is 9.80 Å². The van der Waals surface area contributed by atoms with Crippen LogP contribution in [0.4, 0.5) is 0 Å². The highest BCUT2D eigenvalue weighted by atomic mass is 16.3. The van der Waals surface area contributed by atoms with E-state index in [0.29, 0.717) is 12.5 Å². The fourth-order valence-electron chi connectivity index (χ4n) is 2.71. The maximum absolute atomic E-state index is 10.2. The fourth-order valence-corrected chi connectivity index (χ4v) is 2.71. The van der Waals surface area contributed by atoms with E-state index in [2.05, 4.69) is 43.7 Å². The van der Waals surface area contributed by atoms with E-state index < -0.39 is 0 Å². The van der Waals surface area contributed by atoms with Crippen molar-refractivity contribution in [3.63, 3.8) is 0 Å². The Morgan fingerprint density at radius 3 is 2.42 bits per heavy atom. The number of nitrogens with zero attached hydrogens (tertiary/aromatic N) is 3. The molecule has 0 spiro atoms. The number of aliphatic hydroxyl groups excluding tert-OH is 1. The van der Waals surface area contributed by atoms with Crippen LogP contribution in [0.1, 0.15) is 46.5 Å². The third-order valence-electron chi connectivity index (χ3n) is 3.92. The summed E-state index contributed by atoms with van der Waals surface area (Å²) in [5.74, 6) is 0. The topological polar surface area (TPSA) is 50.5 Å². The second-order valence-electron chi connectivity index (χ2n) is 6.90. The van der Waals surface area contributed by atoms with Crippen LogP contribution in [-0.2, 0) is 0 Å². The zero-order valence-electron chi connectivity index (χ0n) is 12.9. The standard InChI is InChI=1S/C15H29N3O/c1-15(2,3)12-14(19)18-10-6-13(7-11-18)17(4)9-5-8-16/h13-14,19H,5-7,9-12H2,1-4H3. The number of nitriles is 1. The number of likely N-dealkylation sites (tertiary alicyclic amines) is 1. The van der Waals surface area contributed by atoms with Gasteiger partial charge in [-0.1, -0.05) is 20.8 Å². The smallest absolute Gasteiger partial charge is 0.107 e. The molecule has 0 saturated carbocycles. The maximum Gasteiger partial charge on any atom is 0.107 e. The van der Waals surface area contributed by atoms with Gasteiger partial charge in [-0.15, -0.1) is 0 Å². The zero-order chi connectivity index (χ0) is 14.5. The average molecular weight is 267 g/mol. The molecular weight excluding hydrogens is 238 g/mol. The van der Waals surface area contributed by atoms with Crippen LogP contribution in [0.2, 0.25) is 0 Å². The van der Waals surface area contributed by atoms with Gasteiger partial charge in [0.2, 0.25) is 0 Å². The summed E-state index contributed by atoms with van der Waals surface area (Å²) in [5.41, 5.74) is 0.167. The maximum atomic E-state index is 10.2. The molecule has 4 nitrogen and oxygen atoms in total. The van der Waals surface area contributed by atoms with Crippen molar-refractivity contribution in [1.29, 1.82) is 5.26 Å². The predicted octanol–water partition coefficient (Wildman–Crippen LogP) is 2.05. The van der Waals surface area contributed by atoms with Gasteiger partial charge in [-0.05, 0) is 31.7 Å². The summed E-state index contributed by atoms with van der Waals surface area (Å²) in [5, 5.41) is 18.9. The Labute approximate surface area is 118 Å². The minimum Gasteiger partial charge on any atom is -0.378 e. The lowest BCUT2D eigenvalue weighted by molar-refractivity contribution is -0.0436. The van der Waals surface area contributed by atoms with E-state index in [1.807, 2.05) is 0 Å². The van der Waals surface area contributed by atoms with Crippen molar-refractivity contribution in [3.8, 4) is 6.07 Å². The fraction of sp³-hybridized carbons (Fsp3) is 0.933. The van der Waals surface area contributed by atoms with Crippen LogP contribution in [0.25, 0.3) is 0 Å². The Morgan fingerprint density at radius 1 is 1.37 bits per heavy atom. The van der Waals surface area contributed by atoms with Crippen LogP contribution in [-0.4, -0.2) is 53.9 Å². The van der Waals surface area contributed by atoms with Gasteiger partial charge >= 0.3 is 0 Å². The van der Waals surface area contributed by atoms with Crippen LogP contribution in [0.3, 0.4) is 0 Å². The highest BCUT2D eigenvalue weighted by molar-refractivity contribution is 4.82. The van der Waals surface area contributed by atoms with Crippen LogP contribution in [0.5, 0.6) is 0 Å². The first-order valence-electron chi connectivity index (χ1n) is 7.33. The van der Waals surface area contributed by atoms with Crippen LogP contribution < -0.4 is 0 Å². The molecule has 1 fully saturated rings. The van der Waals surface area contributed by atoms with Gasteiger partial charge in [0.1, 0.15) is 6.23 Å². The normalized spacial score (nSPS) is 20.5. The molecule has 0 aromatic heterocycles. The quantitative estimate of drug-likeness (QED) is 0.828. The first-order chi connectivity index (χ1) is 8.83. The Kier molecular flexibility index (Phi) is 6.25. The minimum atomic E-state index is -0.314. The lowest BCUT2D eigenvalue weighted by Crippen LogP contribution is -2.48. The lowest BCUT2D eigenvalue weighted by Gasteiger charge is -2.40. The molecule has 1 N–H and O–H groups in total. The first kappa shape index (κ1) is 16.4. The van der Waals surface area contributed by atoms with Gasteiger partial charge < -0.3 is 10.0 Å². The second-order valence-corrected chi connectivity index (χ2v) is 6.90. The van der Waals surface area contributed by atoms with Gasteiger partial charge in [-0.3, -0.25) is 4.90 Å². The lowest BCUT2D eigenvalue weighted by atomic mass is 9.90. The van der Waals surface area contributed by atoms with E-state index in [0.717, 1.165) is 38.9 Å². The summed E-state index contributed by atoms with van der Waals surface area (Å²) in [6.45, 7) is 9.26. The van der Waals surface area contributed by atoms with Crippen molar-refractivity contribution in [2.24, 2.45) is 5.41 Å². The molecule has 0 amide bonds. The molecule has 0 aromatic carbocycles. The summed E-state index contributed by atoms with van der Waals surface area (Å²) >= 11 is 0. The van der Waals surface area contributed by atoms with Gasteiger partial charge in [0.15, 0.2) is 0 Å². The summed E-state index contributed by atoms with van der Waals surface area (Å²) in [6, 6.07) is 2.76. The third-order valence-corrected chi connectivity index (χ3v) is 3.92. The summed E-state index contributed by atoms with van der Waals surface area (Å²) in [6.07, 6.45) is 3.28. The molecule has 1 saturated heterocycles. The number of rotatable bonds is 5. The van der Waals surface area contributed by atoms with Gasteiger partial charge in [0, 0.05) is 32.1 Å². The van der Waals surface area contributed by atoms with Crippen molar-refractivity contribution < 1.29 is 5.11 Å². The number of hydrogen-bond acceptors (Lipinski definition) is 4. The molecule has 1 aliphatic rings. The third kappa shape index (κ3) is 5.90. The summed E-state index contributed by atoms with van der Waals surface area (Å²) in [4.78, 5) is 4.48. The van der Waals surface area contributed by atoms with Gasteiger partial charge in [0.25, 0.3) is 0 Å². The van der Waals surface area contributed by atoms with Crippen LogP contribution in [0, 0.1) is 16.7 Å². The Hall–Kier alpha value is -0.630. The van der Waals surface area contributed by atoms with Crippen molar-refractivity contribution in [2.75, 3.05) is 26.7 Å². The van der Waals surface area contributed by atoms with Crippen molar-refractivity contribution in [2.45, 2.75) is 58.7 Å². The number of aliphatic hydroxyl groups is 1. The van der Waals surface area contributed by atoms with Gasteiger partial charge in [-0.25, -0.2) is 0 Å². The zero-order valence-corrected chi connectivity index (χ0v) is 12.9. The molecule has 1 unspecified atom stereocenters. The molecule has 110 valence electrons. The molecule has 1 atom stereocenters. The van der Waals surface area contributed by atoms with E-state index in [1.54, 1.807) is 0 Å². The minimum absolute atomic E-state index is 0.167. The molecule has 1 rings (SSSR count). The molecule has 4 heteroatoms. The highest BCUT2D eigenvalue weighted by Crippen LogP contribution is 2.25. The van der Waals surface area contributed by atoms with E-state index in [1.165, 1.54) is 0 Å². The predicted molar refractivity (Wildman–Crippen MR) is 77.5 cm³/mol. The van der Waals surface area contributed by atoms with Gasteiger partial charge in [0.05, 0.1) is 6.07 Å². The summed E-state index contributed by atoms with van der Waals surface area (Å²) < 4.78 is 0. The largest absolute Gasteiger partial charge is 0.378 e. The molecule has 1 heterocycles. The van der Waals surface area contributed by atoms with Crippen molar-refractivity contribution in [3.05, 3.63) is 0 Å². The Morgan fingerprint density at radius 2 is 1.95 bits per heavy atom. The Balaban J connectivity index is 2.34. The second kappa shape index (κ2) is 7.23. The first-order valence-corrected chi connectivity index (χ1v) is 7.33. The highest BCUT2D eigenvalue weighted by Gasteiger charge is 2.28. The molecule has 0 bridgehead atoms. The van der Waals surface area contributed by atoms with Gasteiger partial charge in [-0.2, -0.15) is 5.26 Å². The SMILES string of the molecule is CN(CCC#N)C1CCN(C(O)CC(C)(C)C)CC1. The van der Waals surface area contributed by atoms with Crippen LogP contribution >= 0.6 is 0 Å². The molecule has 1 aliphatic heterocycles. The van der Waals surface area contributed by atoms with E-state index in [-0.39, 0.29) is 11.6 Å². The van der Waals surface area contributed by atoms with Crippen LogP contribution in [0.15, 0.2) is 0 Å². The van der Waals surface area contributed by atoms with E-state index in [9.17, 15) is 5.11 Å². The number of piperidine rings is 1. The Bertz CT molecular complexity index is 297. The average Bonchev–Trinajstić information content (AvgIpc) is 2.34.